The second-order valence-electron chi connectivity index (χ2n) is 8.72. The first kappa shape index (κ1) is 21.8. The zero-order valence-corrected chi connectivity index (χ0v) is 18.4. The van der Waals surface area contributed by atoms with Gasteiger partial charge in [0.15, 0.2) is 0 Å². The summed E-state index contributed by atoms with van der Waals surface area (Å²) in [6.07, 6.45) is 7.10. The molecule has 1 aromatic carbocycles. The summed E-state index contributed by atoms with van der Waals surface area (Å²) in [5.74, 6) is 1.34. The van der Waals surface area contributed by atoms with Crippen molar-refractivity contribution in [2.24, 2.45) is 11.8 Å². The molecule has 31 heavy (non-hydrogen) atoms. The molecular weight excluding hydrogens is 388 g/mol. The third-order valence-corrected chi connectivity index (χ3v) is 6.52. The maximum atomic E-state index is 12.7. The van der Waals surface area contributed by atoms with Gasteiger partial charge in [-0.15, -0.1) is 0 Å². The maximum absolute atomic E-state index is 12.7. The summed E-state index contributed by atoms with van der Waals surface area (Å²) in [6, 6.07) is 12.9. The highest BCUT2D eigenvalue weighted by molar-refractivity contribution is 5.92. The summed E-state index contributed by atoms with van der Waals surface area (Å²) in [7, 11) is 0. The summed E-state index contributed by atoms with van der Waals surface area (Å²) in [6.45, 7) is 5.63. The van der Waals surface area contributed by atoms with E-state index in [4.69, 9.17) is 4.74 Å². The number of hydrogen-bond donors (Lipinski definition) is 3. The van der Waals surface area contributed by atoms with Gasteiger partial charge in [0.2, 0.25) is 5.91 Å². The lowest BCUT2D eigenvalue weighted by atomic mass is 9.93. The number of carbonyl (C=O) groups excluding carboxylic acids is 1. The number of carbonyl (C=O) groups is 1. The van der Waals surface area contributed by atoms with Gasteiger partial charge in [-0.1, -0.05) is 19.1 Å². The second-order valence-corrected chi connectivity index (χ2v) is 8.72. The zero-order valence-electron chi connectivity index (χ0n) is 18.4. The molecule has 0 spiro atoms. The standard InChI is InChI=1S/C25H34N4O2/c1-2-22-7-6-21(17-28-22)25(30)29-24-15-20(8-11-26-24)19-4-3-5-23(14-19)27-16-18-9-12-31-13-10-18/h3-5,8,11,14-15,18,21-22,27-28H,2,6-7,9-10,12-13,16-17H2,1H3,(H,26,29,30)/t21-,22-/m1/s1. The number of benzene rings is 1. The van der Waals surface area contributed by atoms with E-state index in [1.54, 1.807) is 6.20 Å². The molecule has 4 rings (SSSR count). The van der Waals surface area contributed by atoms with Gasteiger partial charge in [-0.3, -0.25) is 4.79 Å². The van der Waals surface area contributed by atoms with Crippen LogP contribution in [-0.2, 0) is 9.53 Å². The number of nitrogens with zero attached hydrogens (tertiary/aromatic N) is 1. The van der Waals surface area contributed by atoms with Crippen LogP contribution in [0, 0.1) is 11.8 Å². The Morgan fingerprint density at radius 1 is 1.13 bits per heavy atom. The quantitative estimate of drug-likeness (QED) is 0.620. The van der Waals surface area contributed by atoms with Crippen LogP contribution in [0.4, 0.5) is 11.5 Å². The fraction of sp³-hybridized carbons (Fsp3) is 0.520. The molecule has 6 heteroatoms. The lowest BCUT2D eigenvalue weighted by molar-refractivity contribution is -0.120. The van der Waals surface area contributed by atoms with E-state index in [1.165, 1.54) is 0 Å². The fourth-order valence-corrected chi connectivity index (χ4v) is 4.42. The second kappa shape index (κ2) is 10.7. The first-order chi connectivity index (χ1) is 15.2. The first-order valence-corrected chi connectivity index (χ1v) is 11.6. The number of amides is 1. The minimum absolute atomic E-state index is 0.00553. The minimum atomic E-state index is 0.00553. The summed E-state index contributed by atoms with van der Waals surface area (Å²) in [4.78, 5) is 17.1. The van der Waals surface area contributed by atoms with Crippen molar-refractivity contribution in [3.63, 3.8) is 0 Å². The van der Waals surface area contributed by atoms with Gasteiger partial charge in [0, 0.05) is 44.2 Å². The van der Waals surface area contributed by atoms with Gasteiger partial charge in [0.25, 0.3) is 0 Å². The highest BCUT2D eigenvalue weighted by atomic mass is 16.5. The van der Waals surface area contributed by atoms with Gasteiger partial charge in [-0.05, 0) is 73.4 Å². The Labute approximate surface area is 185 Å². The summed E-state index contributed by atoms with van der Waals surface area (Å²) < 4.78 is 5.45. The molecule has 2 fully saturated rings. The van der Waals surface area contributed by atoms with Crippen LogP contribution in [0.2, 0.25) is 0 Å². The molecule has 2 saturated heterocycles. The first-order valence-electron chi connectivity index (χ1n) is 11.6. The molecule has 2 aliphatic rings. The molecule has 1 aromatic heterocycles. The summed E-state index contributed by atoms with van der Waals surface area (Å²) >= 11 is 0. The number of rotatable bonds is 7. The van der Waals surface area contributed by atoms with Gasteiger partial charge in [-0.2, -0.15) is 0 Å². The highest BCUT2D eigenvalue weighted by Gasteiger charge is 2.25. The van der Waals surface area contributed by atoms with E-state index in [0.717, 1.165) is 75.2 Å². The maximum Gasteiger partial charge on any atom is 0.229 e. The summed E-state index contributed by atoms with van der Waals surface area (Å²) in [5, 5.41) is 10.1. The lowest BCUT2D eigenvalue weighted by Crippen LogP contribution is -2.43. The monoisotopic (exact) mass is 422 g/mol. The number of hydrogen-bond acceptors (Lipinski definition) is 5. The molecule has 2 aromatic rings. The van der Waals surface area contributed by atoms with E-state index in [-0.39, 0.29) is 11.8 Å². The van der Waals surface area contributed by atoms with Gasteiger partial charge >= 0.3 is 0 Å². The normalized spacial score (nSPS) is 22.1. The van der Waals surface area contributed by atoms with Crippen molar-refractivity contribution in [3.05, 3.63) is 42.6 Å². The van der Waals surface area contributed by atoms with E-state index in [9.17, 15) is 4.79 Å². The van der Waals surface area contributed by atoms with Crippen molar-refractivity contribution in [1.82, 2.24) is 10.3 Å². The number of piperidine rings is 1. The number of nitrogens with one attached hydrogen (secondary N) is 3. The van der Waals surface area contributed by atoms with Gasteiger partial charge in [-0.25, -0.2) is 4.98 Å². The van der Waals surface area contributed by atoms with Crippen molar-refractivity contribution >= 4 is 17.4 Å². The molecule has 0 aliphatic carbocycles. The van der Waals surface area contributed by atoms with Crippen LogP contribution in [0.15, 0.2) is 42.6 Å². The Bertz CT molecular complexity index is 858. The number of pyridine rings is 1. The molecule has 0 radical (unpaired) electrons. The predicted molar refractivity (Wildman–Crippen MR) is 125 cm³/mol. The van der Waals surface area contributed by atoms with Crippen molar-refractivity contribution in [2.75, 3.05) is 36.9 Å². The van der Waals surface area contributed by atoms with Crippen molar-refractivity contribution in [2.45, 2.75) is 45.1 Å². The van der Waals surface area contributed by atoms with E-state index < -0.39 is 0 Å². The van der Waals surface area contributed by atoms with Crippen LogP contribution in [0.25, 0.3) is 11.1 Å². The third kappa shape index (κ3) is 6.05. The minimum Gasteiger partial charge on any atom is -0.385 e. The molecule has 6 nitrogen and oxygen atoms in total. The van der Waals surface area contributed by atoms with Crippen LogP contribution in [0.5, 0.6) is 0 Å². The molecule has 3 heterocycles. The average molecular weight is 423 g/mol. The van der Waals surface area contributed by atoms with E-state index in [1.807, 2.05) is 12.1 Å². The molecule has 0 bridgehead atoms. The molecule has 0 saturated carbocycles. The van der Waals surface area contributed by atoms with Crippen molar-refractivity contribution < 1.29 is 9.53 Å². The zero-order chi connectivity index (χ0) is 21.5. The highest BCUT2D eigenvalue weighted by Crippen LogP contribution is 2.26. The van der Waals surface area contributed by atoms with Crippen LogP contribution in [-0.4, -0.2) is 43.2 Å². The van der Waals surface area contributed by atoms with Gasteiger partial charge < -0.3 is 20.7 Å². The Morgan fingerprint density at radius 2 is 1.97 bits per heavy atom. The van der Waals surface area contributed by atoms with Gasteiger partial charge in [0.05, 0.1) is 5.92 Å². The molecule has 166 valence electrons. The van der Waals surface area contributed by atoms with E-state index in [2.05, 4.69) is 52.1 Å². The van der Waals surface area contributed by atoms with E-state index in [0.29, 0.717) is 17.8 Å². The molecule has 3 N–H and O–H groups in total. The van der Waals surface area contributed by atoms with Crippen LogP contribution in [0.1, 0.15) is 39.0 Å². The van der Waals surface area contributed by atoms with E-state index >= 15 is 0 Å². The van der Waals surface area contributed by atoms with Gasteiger partial charge in [0.1, 0.15) is 5.82 Å². The molecule has 2 atom stereocenters. The Balaban J connectivity index is 1.37. The van der Waals surface area contributed by atoms with Crippen LogP contribution >= 0.6 is 0 Å². The largest absolute Gasteiger partial charge is 0.385 e. The number of ether oxygens (including phenoxy) is 1. The Morgan fingerprint density at radius 3 is 2.74 bits per heavy atom. The fourth-order valence-electron chi connectivity index (χ4n) is 4.42. The Hall–Kier alpha value is -2.44. The SMILES string of the molecule is CC[C@@H]1CC[C@@H](C(=O)Nc2cc(-c3cccc(NCC4CCOCC4)c3)ccn2)CN1. The number of aromatic nitrogens is 1. The smallest absolute Gasteiger partial charge is 0.229 e. The molecule has 1 amide bonds. The molecule has 2 aliphatic heterocycles. The molecule has 0 unspecified atom stereocenters. The van der Waals surface area contributed by atoms with Crippen LogP contribution in [0.3, 0.4) is 0 Å². The number of anilines is 2. The molecular formula is C25H34N4O2. The lowest BCUT2D eigenvalue weighted by Gasteiger charge is -2.28. The summed E-state index contributed by atoms with van der Waals surface area (Å²) in [5.41, 5.74) is 3.28. The van der Waals surface area contributed by atoms with Crippen LogP contribution < -0.4 is 16.0 Å². The third-order valence-electron chi connectivity index (χ3n) is 6.52. The Kier molecular flexibility index (Phi) is 7.54. The van der Waals surface area contributed by atoms with Crippen molar-refractivity contribution in [3.8, 4) is 11.1 Å². The predicted octanol–water partition coefficient (Wildman–Crippen LogP) is 4.30. The topological polar surface area (TPSA) is 75.3 Å². The average Bonchev–Trinajstić information content (AvgIpc) is 2.84. The van der Waals surface area contributed by atoms with Crippen molar-refractivity contribution in [1.29, 1.82) is 0 Å².